The number of rotatable bonds is 12. The fraction of sp³-hybridized carbons (Fsp3) is 0.486. The van der Waals surface area contributed by atoms with E-state index in [2.05, 4.69) is 0 Å². The van der Waals surface area contributed by atoms with Crippen LogP contribution in [0.1, 0.15) is 118 Å². The molecule has 1 atom stereocenters. The summed E-state index contributed by atoms with van der Waals surface area (Å²) in [6.07, 6.45) is 2.32. The minimum atomic E-state index is -0.822. The van der Waals surface area contributed by atoms with E-state index in [0.717, 1.165) is 23.1 Å². The molecule has 3 aromatic rings. The molecule has 0 bridgehead atoms. The normalized spacial score (nSPS) is 14.4. The second-order valence-corrected chi connectivity index (χ2v) is 14.1. The van der Waals surface area contributed by atoms with Gasteiger partial charge in [0.1, 0.15) is 11.4 Å². The second-order valence-electron chi connectivity index (χ2n) is 14.1. The minimum absolute atomic E-state index is 0.00653. The van der Waals surface area contributed by atoms with E-state index in [1.54, 1.807) is 16.7 Å². The van der Waals surface area contributed by atoms with Gasteiger partial charge >= 0.3 is 11.9 Å². The van der Waals surface area contributed by atoms with Gasteiger partial charge in [-0.3, -0.25) is 9.59 Å². The van der Waals surface area contributed by atoms with Crippen molar-refractivity contribution in [3.8, 4) is 11.1 Å². The highest BCUT2D eigenvalue weighted by Crippen LogP contribution is 2.28. The lowest BCUT2D eigenvalue weighted by molar-refractivity contribution is -0.172. The van der Waals surface area contributed by atoms with Crippen LogP contribution in [0.15, 0.2) is 48.5 Å². The quantitative estimate of drug-likeness (QED) is 0.176. The van der Waals surface area contributed by atoms with Crippen LogP contribution < -0.4 is 0 Å². The number of imidazole rings is 1. The Hall–Kier alpha value is -4.31. The number of aliphatic hydroxyl groups is 1. The van der Waals surface area contributed by atoms with Crippen LogP contribution >= 0.6 is 0 Å². The molecule has 2 aromatic carbocycles. The van der Waals surface area contributed by atoms with Gasteiger partial charge in [-0.05, 0) is 74.6 Å². The Bertz CT molecular complexity index is 1590. The van der Waals surface area contributed by atoms with Gasteiger partial charge < -0.3 is 19.2 Å². The van der Waals surface area contributed by atoms with Crippen LogP contribution in [0.4, 0.5) is 0 Å². The van der Waals surface area contributed by atoms with Crippen molar-refractivity contribution in [1.29, 1.82) is 0 Å². The number of carbonyl (C=O) groups is 4. The number of aliphatic hydroxyl groups excluding tert-OH is 1. The molecule has 1 aromatic heterocycles. The number of hydroxylamine groups is 2. The molecule has 47 heavy (non-hydrogen) atoms. The van der Waals surface area contributed by atoms with Gasteiger partial charge in [0.25, 0.3) is 11.8 Å². The SMILES string of the molecule is CCCc1nc(CCCC(O)C(C)(C)C)c(C(=O)ON2C(=O)CCC2=O)n1Cc1ccc(-c2ccccc2C(=O)OC(C)(C)C)cc1. The van der Waals surface area contributed by atoms with Crippen molar-refractivity contribution in [2.45, 2.75) is 112 Å². The van der Waals surface area contributed by atoms with Crippen LogP contribution in [0.25, 0.3) is 11.1 Å². The summed E-state index contributed by atoms with van der Waals surface area (Å²) in [4.78, 5) is 61.5. The number of amides is 2. The van der Waals surface area contributed by atoms with Gasteiger partial charge in [-0.25, -0.2) is 14.6 Å². The largest absolute Gasteiger partial charge is 0.456 e. The maximum atomic E-state index is 13.7. The van der Waals surface area contributed by atoms with E-state index in [4.69, 9.17) is 14.6 Å². The molecule has 0 radical (unpaired) electrons. The summed E-state index contributed by atoms with van der Waals surface area (Å²) in [6.45, 7) is 13.7. The second kappa shape index (κ2) is 14.6. The van der Waals surface area contributed by atoms with Gasteiger partial charge in [-0.15, -0.1) is 5.06 Å². The average molecular weight is 646 g/mol. The number of esters is 1. The topological polar surface area (TPSA) is 128 Å². The smallest absolute Gasteiger partial charge is 0.382 e. The van der Waals surface area contributed by atoms with E-state index in [1.807, 2.05) is 84.9 Å². The number of hydrogen-bond acceptors (Lipinski definition) is 8. The van der Waals surface area contributed by atoms with E-state index in [1.165, 1.54) is 0 Å². The van der Waals surface area contributed by atoms with Crippen LogP contribution in [0, 0.1) is 5.41 Å². The van der Waals surface area contributed by atoms with Crippen molar-refractivity contribution < 1.29 is 33.9 Å². The molecule has 2 heterocycles. The molecule has 1 fully saturated rings. The maximum Gasteiger partial charge on any atom is 0.382 e. The lowest BCUT2D eigenvalue weighted by Gasteiger charge is -2.25. The van der Waals surface area contributed by atoms with Crippen LogP contribution in [0.5, 0.6) is 0 Å². The third kappa shape index (κ3) is 8.94. The standard InChI is InChI=1S/C37H47N3O7/c1-8-12-30-38-28(15-11-16-29(41)36(2,3)4)33(35(45)47-40-31(42)21-22-32(40)43)39(30)23-24-17-19-25(20-18-24)26-13-9-10-14-27(26)34(44)46-37(5,6)7/h9-10,13-14,17-20,29,41H,8,11-12,15-16,21-23H2,1-7H3. The number of carbonyl (C=O) groups excluding carboxylic acids is 4. The lowest BCUT2D eigenvalue weighted by atomic mass is 9.86. The number of ether oxygens (including phenoxy) is 1. The molecule has 2 amide bonds. The van der Waals surface area contributed by atoms with Crippen molar-refractivity contribution in [2.75, 3.05) is 0 Å². The fourth-order valence-electron chi connectivity index (χ4n) is 5.44. The van der Waals surface area contributed by atoms with Crippen molar-refractivity contribution >= 4 is 23.8 Å². The van der Waals surface area contributed by atoms with Crippen molar-refractivity contribution in [2.24, 2.45) is 5.41 Å². The van der Waals surface area contributed by atoms with E-state index in [0.29, 0.717) is 47.8 Å². The molecule has 0 aliphatic carbocycles. The molecule has 1 N–H and O–H groups in total. The molecule has 0 spiro atoms. The third-order valence-electron chi connectivity index (χ3n) is 8.01. The molecule has 1 unspecified atom stereocenters. The Balaban J connectivity index is 1.67. The van der Waals surface area contributed by atoms with Crippen molar-refractivity contribution in [3.63, 3.8) is 0 Å². The molecule has 1 aliphatic rings. The zero-order valence-corrected chi connectivity index (χ0v) is 28.6. The van der Waals surface area contributed by atoms with Gasteiger partial charge in [-0.2, -0.15) is 0 Å². The number of imide groups is 1. The average Bonchev–Trinajstić information content (AvgIpc) is 3.50. The number of benzene rings is 2. The lowest BCUT2D eigenvalue weighted by Crippen LogP contribution is -2.33. The predicted molar refractivity (Wildman–Crippen MR) is 177 cm³/mol. The Morgan fingerprint density at radius 2 is 1.55 bits per heavy atom. The zero-order valence-electron chi connectivity index (χ0n) is 28.6. The third-order valence-corrected chi connectivity index (χ3v) is 8.01. The fourth-order valence-corrected chi connectivity index (χ4v) is 5.44. The Morgan fingerprint density at radius 3 is 2.15 bits per heavy atom. The number of nitrogens with zero attached hydrogens (tertiary/aromatic N) is 3. The van der Waals surface area contributed by atoms with Crippen LogP contribution in [0.2, 0.25) is 0 Å². The Labute approximate surface area is 277 Å². The van der Waals surface area contributed by atoms with E-state index < -0.39 is 35.5 Å². The number of hydrogen-bond donors (Lipinski definition) is 1. The summed E-state index contributed by atoms with van der Waals surface area (Å²) in [5, 5.41) is 11.2. The van der Waals surface area contributed by atoms with Gasteiger partial charge in [0.05, 0.1) is 17.4 Å². The summed E-state index contributed by atoms with van der Waals surface area (Å²) >= 11 is 0. The van der Waals surface area contributed by atoms with Crippen LogP contribution in [-0.4, -0.2) is 55.2 Å². The molecular formula is C37H47N3O7. The highest BCUT2D eigenvalue weighted by Gasteiger charge is 2.35. The van der Waals surface area contributed by atoms with Crippen molar-refractivity contribution in [1.82, 2.24) is 14.6 Å². The molecule has 252 valence electrons. The number of aryl methyl sites for hydroxylation is 2. The number of aromatic nitrogens is 2. The van der Waals surface area contributed by atoms with Crippen LogP contribution in [0.3, 0.4) is 0 Å². The first-order valence-corrected chi connectivity index (χ1v) is 16.3. The first-order chi connectivity index (χ1) is 22.1. The maximum absolute atomic E-state index is 13.7. The van der Waals surface area contributed by atoms with E-state index in [-0.39, 0.29) is 30.5 Å². The Kier molecular flexibility index (Phi) is 11.1. The predicted octanol–water partition coefficient (Wildman–Crippen LogP) is 6.46. The summed E-state index contributed by atoms with van der Waals surface area (Å²) in [6, 6.07) is 15.0. The van der Waals surface area contributed by atoms with Gasteiger partial charge in [-0.1, -0.05) is 70.2 Å². The first kappa shape index (κ1) is 35.5. The molecule has 10 heteroatoms. The summed E-state index contributed by atoms with van der Waals surface area (Å²) in [5.74, 6) is -1.65. The summed E-state index contributed by atoms with van der Waals surface area (Å²) in [5.41, 5.74) is 2.68. The monoisotopic (exact) mass is 645 g/mol. The van der Waals surface area contributed by atoms with E-state index in [9.17, 15) is 24.3 Å². The molecular weight excluding hydrogens is 598 g/mol. The summed E-state index contributed by atoms with van der Waals surface area (Å²) in [7, 11) is 0. The van der Waals surface area contributed by atoms with Crippen molar-refractivity contribution in [3.05, 3.63) is 76.9 Å². The molecule has 4 rings (SSSR count). The zero-order chi connectivity index (χ0) is 34.5. The van der Waals surface area contributed by atoms with Gasteiger partial charge in [0, 0.05) is 25.8 Å². The minimum Gasteiger partial charge on any atom is -0.456 e. The van der Waals surface area contributed by atoms with Gasteiger partial charge in [0.15, 0.2) is 5.69 Å². The molecule has 10 nitrogen and oxygen atoms in total. The van der Waals surface area contributed by atoms with E-state index >= 15 is 0 Å². The van der Waals surface area contributed by atoms with Crippen LogP contribution in [-0.2, 0) is 38.5 Å². The Morgan fingerprint density at radius 1 is 0.915 bits per heavy atom. The molecule has 1 aliphatic heterocycles. The first-order valence-electron chi connectivity index (χ1n) is 16.3. The highest BCUT2D eigenvalue weighted by molar-refractivity contribution is 6.02. The van der Waals surface area contributed by atoms with Gasteiger partial charge in [0.2, 0.25) is 0 Å². The summed E-state index contributed by atoms with van der Waals surface area (Å²) < 4.78 is 7.43. The molecule has 1 saturated heterocycles. The molecule has 0 saturated carbocycles. The highest BCUT2D eigenvalue weighted by atomic mass is 16.7.